The van der Waals surface area contributed by atoms with Crippen LogP contribution in [0.4, 0.5) is 18.9 Å². The van der Waals surface area contributed by atoms with Crippen LogP contribution in [0.1, 0.15) is 12.0 Å². The Morgan fingerprint density at radius 3 is 2.47 bits per heavy atom. The Morgan fingerprint density at radius 1 is 1.37 bits per heavy atom. The SMILES string of the molecule is CN(C)C(=O)CCNc1ccc(C(F)(F)F)cc1Cl. The number of benzene rings is 1. The van der Waals surface area contributed by atoms with Gasteiger partial charge in [-0.15, -0.1) is 0 Å². The number of amides is 1. The van der Waals surface area contributed by atoms with E-state index >= 15 is 0 Å². The maximum Gasteiger partial charge on any atom is 0.416 e. The number of carbonyl (C=O) groups is 1. The van der Waals surface area contributed by atoms with E-state index in [-0.39, 0.29) is 17.4 Å². The molecule has 1 N–H and O–H groups in total. The third-order valence-corrected chi connectivity index (χ3v) is 2.76. The first-order valence-electron chi connectivity index (χ1n) is 5.52. The largest absolute Gasteiger partial charge is 0.416 e. The van der Waals surface area contributed by atoms with Crippen molar-refractivity contribution in [3.05, 3.63) is 28.8 Å². The molecule has 0 aliphatic heterocycles. The van der Waals surface area contributed by atoms with Gasteiger partial charge in [0, 0.05) is 27.1 Å². The van der Waals surface area contributed by atoms with Gasteiger partial charge in [-0.3, -0.25) is 4.79 Å². The molecule has 0 saturated carbocycles. The monoisotopic (exact) mass is 294 g/mol. The minimum Gasteiger partial charge on any atom is -0.383 e. The van der Waals surface area contributed by atoms with Gasteiger partial charge in [0.1, 0.15) is 0 Å². The number of nitrogens with zero attached hydrogens (tertiary/aromatic N) is 1. The van der Waals surface area contributed by atoms with Crippen molar-refractivity contribution in [3.8, 4) is 0 Å². The van der Waals surface area contributed by atoms with Crippen LogP contribution in [-0.4, -0.2) is 31.4 Å². The van der Waals surface area contributed by atoms with Crippen LogP contribution in [0.15, 0.2) is 18.2 Å². The molecule has 19 heavy (non-hydrogen) atoms. The topological polar surface area (TPSA) is 32.3 Å². The standard InChI is InChI=1S/C12H14ClF3N2O/c1-18(2)11(19)5-6-17-10-4-3-8(7-9(10)13)12(14,15)16/h3-4,7,17H,5-6H2,1-2H3. The van der Waals surface area contributed by atoms with E-state index in [1.54, 1.807) is 14.1 Å². The number of hydrogen-bond donors (Lipinski definition) is 1. The van der Waals surface area contributed by atoms with E-state index in [0.29, 0.717) is 12.2 Å². The Morgan fingerprint density at radius 2 is 2.00 bits per heavy atom. The lowest BCUT2D eigenvalue weighted by Gasteiger charge is -2.13. The molecule has 0 saturated heterocycles. The van der Waals surface area contributed by atoms with Crippen molar-refractivity contribution in [2.45, 2.75) is 12.6 Å². The van der Waals surface area contributed by atoms with Gasteiger partial charge in [-0.25, -0.2) is 0 Å². The first-order valence-corrected chi connectivity index (χ1v) is 5.90. The molecule has 3 nitrogen and oxygen atoms in total. The van der Waals surface area contributed by atoms with E-state index in [1.807, 2.05) is 0 Å². The minimum absolute atomic E-state index is 0.0212. The van der Waals surface area contributed by atoms with Gasteiger partial charge in [0.05, 0.1) is 16.3 Å². The number of alkyl halides is 3. The molecule has 0 bridgehead atoms. The smallest absolute Gasteiger partial charge is 0.383 e. The normalized spacial score (nSPS) is 11.3. The second-order valence-electron chi connectivity index (χ2n) is 4.16. The molecule has 106 valence electrons. The van der Waals surface area contributed by atoms with E-state index in [1.165, 1.54) is 11.0 Å². The zero-order valence-electron chi connectivity index (χ0n) is 10.5. The molecular weight excluding hydrogens is 281 g/mol. The molecule has 0 fully saturated rings. The summed E-state index contributed by atoms with van der Waals surface area (Å²) in [7, 11) is 3.26. The lowest BCUT2D eigenvalue weighted by atomic mass is 10.2. The van der Waals surface area contributed by atoms with Crippen molar-refractivity contribution in [2.24, 2.45) is 0 Å². The summed E-state index contributed by atoms with van der Waals surface area (Å²) in [6.07, 6.45) is -4.17. The lowest BCUT2D eigenvalue weighted by molar-refractivity contribution is -0.137. The number of anilines is 1. The van der Waals surface area contributed by atoms with E-state index < -0.39 is 11.7 Å². The van der Waals surface area contributed by atoms with Crippen LogP contribution in [-0.2, 0) is 11.0 Å². The van der Waals surface area contributed by atoms with E-state index in [2.05, 4.69) is 5.32 Å². The highest BCUT2D eigenvalue weighted by Crippen LogP contribution is 2.33. The van der Waals surface area contributed by atoms with Gasteiger partial charge >= 0.3 is 6.18 Å². The first-order chi connectivity index (χ1) is 8.71. The van der Waals surface area contributed by atoms with Crippen LogP contribution in [0.3, 0.4) is 0 Å². The fourth-order valence-corrected chi connectivity index (χ4v) is 1.61. The molecule has 7 heteroatoms. The Balaban J connectivity index is 2.64. The zero-order chi connectivity index (χ0) is 14.6. The molecule has 1 amide bonds. The molecule has 0 spiro atoms. The van der Waals surface area contributed by atoms with E-state index in [9.17, 15) is 18.0 Å². The third-order valence-electron chi connectivity index (χ3n) is 2.45. The average molecular weight is 295 g/mol. The van der Waals surface area contributed by atoms with Gasteiger partial charge in [-0.05, 0) is 18.2 Å². The summed E-state index contributed by atoms with van der Waals surface area (Å²) < 4.78 is 37.3. The third kappa shape index (κ3) is 4.63. The predicted octanol–water partition coefficient (Wildman–Crippen LogP) is 3.25. The van der Waals surface area contributed by atoms with Gasteiger partial charge < -0.3 is 10.2 Å². The molecule has 0 aliphatic rings. The highest BCUT2D eigenvalue weighted by molar-refractivity contribution is 6.33. The zero-order valence-corrected chi connectivity index (χ0v) is 11.3. The predicted molar refractivity (Wildman–Crippen MR) is 68.3 cm³/mol. The molecule has 1 rings (SSSR count). The Labute approximate surface area is 114 Å². The molecule has 0 unspecified atom stereocenters. The molecule has 1 aromatic rings. The minimum atomic E-state index is -4.41. The summed E-state index contributed by atoms with van der Waals surface area (Å²) >= 11 is 5.76. The molecular formula is C12H14ClF3N2O. The Kier molecular flexibility index (Phi) is 5.05. The van der Waals surface area contributed by atoms with Crippen LogP contribution in [0.5, 0.6) is 0 Å². The fraction of sp³-hybridized carbons (Fsp3) is 0.417. The summed E-state index contributed by atoms with van der Waals surface area (Å²) in [4.78, 5) is 12.7. The fourth-order valence-electron chi connectivity index (χ4n) is 1.36. The van der Waals surface area contributed by atoms with Gasteiger partial charge in [-0.1, -0.05) is 11.6 Å². The van der Waals surface area contributed by atoms with Crippen LogP contribution in [0.2, 0.25) is 5.02 Å². The van der Waals surface area contributed by atoms with Gasteiger partial charge in [0.25, 0.3) is 0 Å². The van der Waals surface area contributed by atoms with Crippen LogP contribution in [0, 0.1) is 0 Å². The number of halogens is 4. The summed E-state index contributed by atoms with van der Waals surface area (Å²) in [6, 6.07) is 3.06. The number of nitrogens with one attached hydrogen (secondary N) is 1. The van der Waals surface area contributed by atoms with Gasteiger partial charge in [-0.2, -0.15) is 13.2 Å². The number of rotatable bonds is 4. The van der Waals surface area contributed by atoms with Crippen molar-refractivity contribution in [1.82, 2.24) is 4.90 Å². The van der Waals surface area contributed by atoms with Crippen molar-refractivity contribution in [3.63, 3.8) is 0 Å². The first kappa shape index (κ1) is 15.6. The van der Waals surface area contributed by atoms with E-state index in [0.717, 1.165) is 12.1 Å². The highest BCUT2D eigenvalue weighted by atomic mass is 35.5. The van der Waals surface area contributed by atoms with Crippen molar-refractivity contribution >= 4 is 23.2 Å². The molecule has 0 heterocycles. The van der Waals surface area contributed by atoms with Crippen molar-refractivity contribution in [2.75, 3.05) is 26.0 Å². The second-order valence-corrected chi connectivity index (χ2v) is 4.56. The molecule has 0 atom stereocenters. The van der Waals surface area contributed by atoms with Crippen LogP contribution < -0.4 is 5.32 Å². The van der Waals surface area contributed by atoms with E-state index in [4.69, 9.17) is 11.6 Å². The molecule has 1 aromatic carbocycles. The summed E-state index contributed by atoms with van der Waals surface area (Å²) in [5.41, 5.74) is -0.423. The molecule has 0 aromatic heterocycles. The summed E-state index contributed by atoms with van der Waals surface area (Å²) in [6.45, 7) is 0.308. The average Bonchev–Trinajstić information content (AvgIpc) is 2.29. The maximum absolute atomic E-state index is 12.4. The highest BCUT2D eigenvalue weighted by Gasteiger charge is 2.30. The number of carbonyl (C=O) groups excluding carboxylic acids is 1. The molecule has 0 radical (unpaired) electrons. The Hall–Kier alpha value is -1.43. The van der Waals surface area contributed by atoms with Crippen LogP contribution in [0.25, 0.3) is 0 Å². The Bertz CT molecular complexity index is 461. The number of hydrogen-bond acceptors (Lipinski definition) is 2. The maximum atomic E-state index is 12.4. The summed E-state index contributed by atoms with van der Waals surface area (Å²) in [5.74, 6) is -0.0736. The van der Waals surface area contributed by atoms with Crippen molar-refractivity contribution < 1.29 is 18.0 Å². The molecule has 0 aliphatic carbocycles. The van der Waals surface area contributed by atoms with Crippen molar-refractivity contribution in [1.29, 1.82) is 0 Å². The quantitative estimate of drug-likeness (QED) is 0.924. The summed E-state index contributed by atoms with van der Waals surface area (Å²) in [5, 5.41) is 2.81. The lowest BCUT2D eigenvalue weighted by Crippen LogP contribution is -2.23. The second kappa shape index (κ2) is 6.14. The van der Waals surface area contributed by atoms with Crippen LogP contribution >= 0.6 is 11.6 Å². The van der Waals surface area contributed by atoms with Gasteiger partial charge in [0.15, 0.2) is 0 Å². The van der Waals surface area contributed by atoms with Gasteiger partial charge in [0.2, 0.25) is 5.91 Å².